The molecule has 3 aromatic rings. The number of ether oxygens (including phenoxy) is 1. The van der Waals surface area contributed by atoms with Crippen molar-refractivity contribution in [3.05, 3.63) is 75.5 Å². The van der Waals surface area contributed by atoms with Crippen LogP contribution in [0.1, 0.15) is 61.3 Å². The van der Waals surface area contributed by atoms with Crippen molar-refractivity contribution in [3.63, 3.8) is 0 Å². The summed E-state index contributed by atoms with van der Waals surface area (Å²) in [6, 6.07) is 15.5. The summed E-state index contributed by atoms with van der Waals surface area (Å²) >= 11 is 13.0. The second kappa shape index (κ2) is 10.7. The van der Waals surface area contributed by atoms with Crippen LogP contribution in [0.25, 0.3) is 11.3 Å². The van der Waals surface area contributed by atoms with Crippen LogP contribution in [0.5, 0.6) is 0 Å². The van der Waals surface area contributed by atoms with E-state index >= 15 is 0 Å². The number of hydrogen-bond donors (Lipinski definition) is 2. The van der Waals surface area contributed by atoms with E-state index in [-0.39, 0.29) is 18.2 Å². The number of rotatable bonds is 8. The lowest BCUT2D eigenvalue weighted by molar-refractivity contribution is -0.00939. The number of nitrogens with zero attached hydrogens (tertiary/aromatic N) is 1. The lowest BCUT2D eigenvalue weighted by Gasteiger charge is -2.35. The van der Waals surface area contributed by atoms with Crippen LogP contribution in [0.2, 0.25) is 10.0 Å². The van der Waals surface area contributed by atoms with Gasteiger partial charge in [-0.1, -0.05) is 64.8 Å². The topological polar surface area (TPSA) is 76.4 Å². The third-order valence-corrected chi connectivity index (χ3v) is 8.71. The number of amides is 2. The summed E-state index contributed by atoms with van der Waals surface area (Å²) < 4.78 is 12.3. The van der Waals surface area contributed by atoms with Gasteiger partial charge in [-0.25, -0.2) is 4.79 Å². The quantitative estimate of drug-likeness (QED) is 0.320. The number of hydrogen-bond acceptors (Lipinski definition) is 4. The number of urea groups is 1. The Morgan fingerprint density at radius 1 is 0.973 bits per heavy atom. The van der Waals surface area contributed by atoms with Crippen LogP contribution in [0, 0.1) is 11.8 Å². The fraction of sp³-hybridized carbons (Fsp3) is 0.448. The molecule has 0 aliphatic heterocycles. The first-order valence-corrected chi connectivity index (χ1v) is 13.9. The van der Waals surface area contributed by atoms with Crippen molar-refractivity contribution in [3.8, 4) is 11.3 Å². The van der Waals surface area contributed by atoms with E-state index in [0.717, 1.165) is 55.4 Å². The highest BCUT2D eigenvalue weighted by Crippen LogP contribution is 2.47. The van der Waals surface area contributed by atoms with Crippen LogP contribution in [-0.2, 0) is 17.9 Å². The van der Waals surface area contributed by atoms with Gasteiger partial charge in [0.25, 0.3) is 0 Å². The number of fused-ring (bicyclic) bond motifs is 2. The van der Waals surface area contributed by atoms with Crippen molar-refractivity contribution in [2.45, 2.75) is 69.7 Å². The summed E-state index contributed by atoms with van der Waals surface area (Å²) in [5.41, 5.74) is 3.44. The number of carbonyl (C=O) groups excluding carboxylic acids is 1. The van der Waals surface area contributed by atoms with Gasteiger partial charge < -0.3 is 19.9 Å². The van der Waals surface area contributed by atoms with Crippen molar-refractivity contribution in [2.24, 2.45) is 11.8 Å². The first-order chi connectivity index (χ1) is 18.1. The van der Waals surface area contributed by atoms with Gasteiger partial charge >= 0.3 is 6.03 Å². The highest BCUT2D eigenvalue weighted by Gasteiger charge is 2.44. The lowest BCUT2D eigenvalue weighted by atomic mass is 9.82. The van der Waals surface area contributed by atoms with Gasteiger partial charge in [-0.05, 0) is 68.1 Å². The fourth-order valence-electron chi connectivity index (χ4n) is 6.07. The second-order valence-electron chi connectivity index (χ2n) is 10.6. The van der Waals surface area contributed by atoms with E-state index in [1.807, 2.05) is 48.5 Å². The van der Waals surface area contributed by atoms with E-state index in [1.54, 1.807) is 0 Å². The average Bonchev–Trinajstić information content (AvgIpc) is 3.62. The molecule has 0 saturated heterocycles. The summed E-state index contributed by atoms with van der Waals surface area (Å²) in [5.74, 6) is 2.15. The van der Waals surface area contributed by atoms with Crippen molar-refractivity contribution < 1.29 is 14.1 Å². The van der Waals surface area contributed by atoms with Crippen molar-refractivity contribution in [2.75, 3.05) is 0 Å². The first kappa shape index (κ1) is 24.8. The lowest BCUT2D eigenvalue weighted by Crippen LogP contribution is -2.49. The first-order valence-electron chi connectivity index (χ1n) is 13.2. The van der Waals surface area contributed by atoms with Gasteiger partial charge in [0.2, 0.25) is 0 Å². The summed E-state index contributed by atoms with van der Waals surface area (Å²) in [6.07, 6.45) is 6.46. The van der Waals surface area contributed by atoms with Gasteiger partial charge in [-0.15, -0.1) is 0 Å². The summed E-state index contributed by atoms with van der Waals surface area (Å²) in [7, 11) is 0. The smallest absolute Gasteiger partial charge is 0.315 e. The molecule has 194 valence electrons. The molecule has 37 heavy (non-hydrogen) atoms. The monoisotopic (exact) mass is 539 g/mol. The maximum atomic E-state index is 12.6. The van der Waals surface area contributed by atoms with Crippen molar-refractivity contribution in [1.82, 2.24) is 15.8 Å². The highest BCUT2D eigenvalue weighted by molar-refractivity contribution is 6.39. The Bertz CT molecular complexity index is 1230. The van der Waals surface area contributed by atoms with Gasteiger partial charge in [-0.2, -0.15) is 0 Å². The molecule has 0 spiro atoms. The Labute approximate surface area is 227 Å². The zero-order chi connectivity index (χ0) is 25.4. The molecule has 3 aliphatic carbocycles. The predicted molar refractivity (Wildman–Crippen MR) is 144 cm³/mol. The molecule has 2 N–H and O–H groups in total. The van der Waals surface area contributed by atoms with Crippen LogP contribution in [-0.4, -0.2) is 23.3 Å². The maximum absolute atomic E-state index is 12.6. The van der Waals surface area contributed by atoms with Crippen molar-refractivity contribution >= 4 is 29.2 Å². The van der Waals surface area contributed by atoms with E-state index in [4.69, 9.17) is 32.5 Å². The molecule has 3 saturated carbocycles. The maximum Gasteiger partial charge on any atom is 0.315 e. The Balaban J connectivity index is 1.09. The van der Waals surface area contributed by atoms with Crippen LogP contribution < -0.4 is 10.6 Å². The highest BCUT2D eigenvalue weighted by atomic mass is 35.5. The largest absolute Gasteiger partial charge is 0.373 e. The number of benzene rings is 2. The molecule has 2 bridgehead atoms. The molecule has 6 nitrogen and oxygen atoms in total. The standard InChI is InChI=1S/C29H31Cl2N3O3/c30-23-7-4-8-24(31)25(23)27-22(28(37-34-27)18-9-10-18)16-36-21-13-19-11-12-20(14-21)26(19)33-29(35)32-15-17-5-2-1-3-6-17/h1-8,18-21,26H,9-16H2,(H2,32,33,35). The van der Waals surface area contributed by atoms with E-state index in [9.17, 15) is 4.79 Å². The SMILES string of the molecule is O=C(NCc1ccccc1)NC1C2CCC1CC(OCc1c(-c3c(Cl)cccc3Cl)noc1C1CC1)C2. The van der Waals surface area contributed by atoms with Gasteiger partial charge in [0.15, 0.2) is 0 Å². The molecule has 2 aromatic carbocycles. The summed E-state index contributed by atoms with van der Waals surface area (Å²) in [4.78, 5) is 12.6. The molecular formula is C29H31Cl2N3O3. The Morgan fingerprint density at radius 2 is 1.68 bits per heavy atom. The van der Waals surface area contributed by atoms with Crippen LogP contribution >= 0.6 is 23.2 Å². The number of aromatic nitrogens is 1. The minimum Gasteiger partial charge on any atom is -0.373 e. The minimum atomic E-state index is -0.0927. The Morgan fingerprint density at radius 3 is 2.35 bits per heavy atom. The molecule has 3 aliphatic rings. The Hall–Kier alpha value is -2.54. The van der Waals surface area contributed by atoms with E-state index in [0.29, 0.717) is 52.2 Å². The van der Waals surface area contributed by atoms with Crippen molar-refractivity contribution in [1.29, 1.82) is 0 Å². The zero-order valence-corrected chi connectivity index (χ0v) is 22.1. The van der Waals surface area contributed by atoms with Crippen LogP contribution in [0.3, 0.4) is 0 Å². The second-order valence-corrected chi connectivity index (χ2v) is 11.4. The average molecular weight is 540 g/mol. The van der Waals surface area contributed by atoms with Crippen LogP contribution in [0.4, 0.5) is 4.79 Å². The molecule has 6 rings (SSSR count). The third-order valence-electron chi connectivity index (χ3n) is 8.08. The zero-order valence-electron chi connectivity index (χ0n) is 20.6. The van der Waals surface area contributed by atoms with Gasteiger partial charge in [0.1, 0.15) is 11.5 Å². The molecule has 8 heteroatoms. The summed E-state index contributed by atoms with van der Waals surface area (Å²) in [6.45, 7) is 0.951. The molecule has 1 aromatic heterocycles. The number of halogens is 2. The minimum absolute atomic E-state index is 0.0927. The molecule has 2 atom stereocenters. The van der Waals surface area contributed by atoms with Gasteiger partial charge in [0, 0.05) is 29.6 Å². The van der Waals surface area contributed by atoms with Gasteiger partial charge in [0.05, 0.1) is 22.8 Å². The van der Waals surface area contributed by atoms with E-state index < -0.39 is 0 Å². The van der Waals surface area contributed by atoms with E-state index in [2.05, 4.69) is 15.8 Å². The summed E-state index contributed by atoms with van der Waals surface area (Å²) in [5, 5.41) is 11.8. The molecule has 0 radical (unpaired) electrons. The Kier molecular flexibility index (Phi) is 7.15. The van der Waals surface area contributed by atoms with Crippen LogP contribution in [0.15, 0.2) is 53.1 Å². The number of nitrogens with one attached hydrogen (secondary N) is 2. The third kappa shape index (κ3) is 5.38. The normalized spacial score (nSPS) is 24.7. The fourth-order valence-corrected chi connectivity index (χ4v) is 6.65. The molecule has 2 unspecified atom stereocenters. The van der Waals surface area contributed by atoms with E-state index in [1.165, 1.54) is 0 Å². The van der Waals surface area contributed by atoms with Gasteiger partial charge in [-0.3, -0.25) is 0 Å². The molecule has 2 amide bonds. The molecular weight excluding hydrogens is 509 g/mol. The number of carbonyl (C=O) groups is 1. The predicted octanol–water partition coefficient (Wildman–Crippen LogP) is 7.10. The molecule has 3 fully saturated rings. The molecule has 1 heterocycles.